The Labute approximate surface area is 161 Å². The Kier molecular flexibility index (Phi) is 5.75. The number of amides is 2. The Hall–Kier alpha value is -2.08. The lowest BCUT2D eigenvalue weighted by Crippen LogP contribution is -2.58. The molecular formula is C21H32N4O2. The smallest absolute Gasteiger partial charge is 0.248 e. The fourth-order valence-corrected chi connectivity index (χ4v) is 4.43. The van der Waals surface area contributed by atoms with Gasteiger partial charge in [0.05, 0.1) is 0 Å². The van der Waals surface area contributed by atoms with Gasteiger partial charge in [-0.3, -0.25) is 9.59 Å². The molecule has 0 bridgehead atoms. The summed E-state index contributed by atoms with van der Waals surface area (Å²) in [7, 11) is 1.61. The first kappa shape index (κ1) is 19.7. The summed E-state index contributed by atoms with van der Waals surface area (Å²) in [6.07, 6.45) is 5.24. The van der Waals surface area contributed by atoms with E-state index in [1.165, 1.54) is 11.1 Å². The monoisotopic (exact) mass is 372 g/mol. The molecule has 0 spiro atoms. The molecule has 148 valence electrons. The van der Waals surface area contributed by atoms with Crippen molar-refractivity contribution in [3.63, 3.8) is 0 Å². The first-order chi connectivity index (χ1) is 12.9. The molecular weight excluding hydrogens is 340 g/mol. The van der Waals surface area contributed by atoms with Crippen molar-refractivity contribution in [3.05, 3.63) is 29.3 Å². The number of rotatable bonds is 4. The summed E-state index contributed by atoms with van der Waals surface area (Å²) in [5.74, 6) is -0.115. The molecule has 2 aliphatic rings. The van der Waals surface area contributed by atoms with Crippen molar-refractivity contribution >= 4 is 17.5 Å². The molecule has 1 heterocycles. The fraction of sp³-hybridized carbons (Fsp3) is 0.619. The highest BCUT2D eigenvalue weighted by Gasteiger charge is 2.47. The van der Waals surface area contributed by atoms with Gasteiger partial charge in [0.15, 0.2) is 0 Å². The van der Waals surface area contributed by atoms with Gasteiger partial charge in [-0.05, 0) is 56.4 Å². The molecule has 0 radical (unpaired) electrons. The van der Waals surface area contributed by atoms with Crippen LogP contribution in [0.15, 0.2) is 18.2 Å². The number of carbonyl (C=O) groups excluding carboxylic acids is 2. The molecule has 2 amide bonds. The van der Waals surface area contributed by atoms with Gasteiger partial charge in [-0.15, -0.1) is 0 Å². The fourth-order valence-electron chi connectivity index (χ4n) is 4.43. The third-order valence-corrected chi connectivity index (χ3v) is 6.15. The summed E-state index contributed by atoms with van der Waals surface area (Å²) in [6.45, 7) is 4.60. The standard InChI is InChI=1S/C21H32N4O2/c1-14-7-8-17(11-15(14)2)24-21(9-5-4-6-10-21)20(27)25-13-16(22)12-18(25)19(26)23-3/h7-8,11,16,18,24H,4-6,9-10,12-13,22H2,1-3H3,(H,23,26)/t16-,18-/m0/s1. The van der Waals surface area contributed by atoms with Crippen molar-refractivity contribution in [1.29, 1.82) is 0 Å². The summed E-state index contributed by atoms with van der Waals surface area (Å²) >= 11 is 0. The van der Waals surface area contributed by atoms with Gasteiger partial charge in [-0.25, -0.2) is 0 Å². The van der Waals surface area contributed by atoms with E-state index in [9.17, 15) is 9.59 Å². The van der Waals surface area contributed by atoms with Crippen LogP contribution in [0, 0.1) is 13.8 Å². The summed E-state index contributed by atoms with van der Waals surface area (Å²) in [5.41, 5.74) is 8.85. The van der Waals surface area contributed by atoms with E-state index >= 15 is 0 Å². The molecule has 1 aliphatic heterocycles. The van der Waals surface area contributed by atoms with Gasteiger partial charge in [-0.2, -0.15) is 0 Å². The van der Waals surface area contributed by atoms with E-state index in [4.69, 9.17) is 5.73 Å². The quantitative estimate of drug-likeness (QED) is 0.755. The molecule has 1 saturated carbocycles. The van der Waals surface area contributed by atoms with E-state index in [0.717, 1.165) is 37.8 Å². The van der Waals surface area contributed by atoms with Gasteiger partial charge in [0.25, 0.3) is 0 Å². The maximum absolute atomic E-state index is 13.7. The van der Waals surface area contributed by atoms with Gasteiger partial charge in [0.2, 0.25) is 11.8 Å². The van der Waals surface area contributed by atoms with Crippen LogP contribution in [0.4, 0.5) is 5.69 Å². The first-order valence-corrected chi connectivity index (χ1v) is 10.00. The maximum Gasteiger partial charge on any atom is 0.248 e. The van der Waals surface area contributed by atoms with Crippen LogP contribution in [0.2, 0.25) is 0 Å². The van der Waals surface area contributed by atoms with Crippen molar-refractivity contribution in [1.82, 2.24) is 10.2 Å². The summed E-state index contributed by atoms with van der Waals surface area (Å²) in [6, 6.07) is 5.59. The molecule has 4 N–H and O–H groups in total. The minimum atomic E-state index is -0.656. The minimum absolute atomic E-state index is 0.0157. The van der Waals surface area contributed by atoms with Crippen LogP contribution in [0.3, 0.4) is 0 Å². The molecule has 6 heteroatoms. The number of nitrogens with zero attached hydrogens (tertiary/aromatic N) is 1. The summed E-state index contributed by atoms with van der Waals surface area (Å²) in [5, 5.41) is 6.25. The van der Waals surface area contributed by atoms with Crippen LogP contribution < -0.4 is 16.4 Å². The Balaban J connectivity index is 1.90. The third kappa shape index (κ3) is 3.95. The average molecular weight is 373 g/mol. The van der Waals surface area contributed by atoms with Gasteiger partial charge in [0.1, 0.15) is 11.6 Å². The SMILES string of the molecule is CNC(=O)[C@@H]1C[C@H](N)CN1C(=O)C1(Nc2ccc(C)c(C)c2)CCCCC1. The number of nitrogens with one attached hydrogen (secondary N) is 2. The number of likely N-dealkylation sites (tertiary alicyclic amines) is 1. The lowest BCUT2D eigenvalue weighted by Gasteiger charge is -2.41. The largest absolute Gasteiger partial charge is 0.371 e. The highest BCUT2D eigenvalue weighted by atomic mass is 16.2. The van der Waals surface area contributed by atoms with Crippen molar-refractivity contribution in [3.8, 4) is 0 Å². The Bertz CT molecular complexity index is 712. The lowest BCUT2D eigenvalue weighted by molar-refractivity contribution is -0.142. The molecule has 0 unspecified atom stereocenters. The zero-order chi connectivity index (χ0) is 19.6. The highest BCUT2D eigenvalue weighted by Crippen LogP contribution is 2.35. The Morgan fingerprint density at radius 2 is 1.85 bits per heavy atom. The normalized spacial score (nSPS) is 24.5. The number of anilines is 1. The molecule has 1 aromatic carbocycles. The predicted octanol–water partition coefficient (Wildman–Crippen LogP) is 2.09. The van der Waals surface area contributed by atoms with E-state index in [1.54, 1.807) is 11.9 Å². The molecule has 1 saturated heterocycles. The predicted molar refractivity (Wildman–Crippen MR) is 108 cm³/mol. The van der Waals surface area contributed by atoms with E-state index in [2.05, 4.69) is 36.6 Å². The number of nitrogens with two attached hydrogens (primary N) is 1. The molecule has 27 heavy (non-hydrogen) atoms. The van der Waals surface area contributed by atoms with E-state index in [-0.39, 0.29) is 17.9 Å². The number of hydrogen-bond donors (Lipinski definition) is 3. The molecule has 2 atom stereocenters. The van der Waals surface area contributed by atoms with Gasteiger partial charge < -0.3 is 21.3 Å². The van der Waals surface area contributed by atoms with E-state index < -0.39 is 11.6 Å². The zero-order valence-corrected chi connectivity index (χ0v) is 16.7. The summed E-state index contributed by atoms with van der Waals surface area (Å²) < 4.78 is 0. The number of aryl methyl sites for hydroxylation is 2. The molecule has 1 aromatic rings. The zero-order valence-electron chi connectivity index (χ0n) is 16.7. The second kappa shape index (κ2) is 7.89. The summed E-state index contributed by atoms with van der Waals surface area (Å²) in [4.78, 5) is 27.7. The number of benzene rings is 1. The van der Waals surface area contributed by atoms with Crippen LogP contribution in [0.1, 0.15) is 49.7 Å². The van der Waals surface area contributed by atoms with Crippen LogP contribution >= 0.6 is 0 Å². The van der Waals surface area contributed by atoms with Gasteiger partial charge in [0, 0.05) is 25.3 Å². The molecule has 0 aromatic heterocycles. The van der Waals surface area contributed by atoms with Crippen LogP contribution in [-0.4, -0.2) is 47.9 Å². The average Bonchev–Trinajstić information content (AvgIpc) is 3.06. The second-order valence-corrected chi connectivity index (χ2v) is 8.15. The lowest BCUT2D eigenvalue weighted by atomic mass is 9.80. The van der Waals surface area contributed by atoms with Crippen LogP contribution in [-0.2, 0) is 9.59 Å². The molecule has 3 rings (SSSR count). The van der Waals surface area contributed by atoms with Gasteiger partial charge >= 0.3 is 0 Å². The highest BCUT2D eigenvalue weighted by molar-refractivity contribution is 5.94. The number of carbonyl (C=O) groups is 2. The topological polar surface area (TPSA) is 87.5 Å². The maximum atomic E-state index is 13.7. The Morgan fingerprint density at radius 1 is 1.15 bits per heavy atom. The minimum Gasteiger partial charge on any atom is -0.371 e. The van der Waals surface area contributed by atoms with Crippen molar-refractivity contribution in [2.45, 2.75) is 70.0 Å². The van der Waals surface area contributed by atoms with Crippen molar-refractivity contribution in [2.75, 3.05) is 18.9 Å². The first-order valence-electron chi connectivity index (χ1n) is 10.00. The number of likely N-dealkylation sites (N-methyl/N-ethyl adjacent to an activating group) is 1. The molecule has 2 fully saturated rings. The van der Waals surface area contributed by atoms with E-state index in [0.29, 0.717) is 13.0 Å². The van der Waals surface area contributed by atoms with Crippen LogP contribution in [0.25, 0.3) is 0 Å². The van der Waals surface area contributed by atoms with Gasteiger partial charge in [-0.1, -0.05) is 25.3 Å². The Morgan fingerprint density at radius 3 is 2.48 bits per heavy atom. The molecule has 1 aliphatic carbocycles. The van der Waals surface area contributed by atoms with Crippen molar-refractivity contribution in [2.24, 2.45) is 5.73 Å². The number of hydrogen-bond acceptors (Lipinski definition) is 4. The van der Waals surface area contributed by atoms with E-state index in [1.807, 2.05) is 6.07 Å². The second-order valence-electron chi connectivity index (χ2n) is 8.15. The van der Waals surface area contributed by atoms with Crippen LogP contribution in [0.5, 0.6) is 0 Å². The van der Waals surface area contributed by atoms with Crippen molar-refractivity contribution < 1.29 is 9.59 Å². The molecule has 6 nitrogen and oxygen atoms in total. The third-order valence-electron chi connectivity index (χ3n) is 6.15.